The lowest BCUT2D eigenvalue weighted by atomic mass is 10.1. The van der Waals surface area contributed by atoms with Crippen LogP contribution >= 0.6 is 11.8 Å². The lowest BCUT2D eigenvalue weighted by molar-refractivity contribution is -0.139. The molecule has 35 heavy (non-hydrogen) atoms. The number of ether oxygens (including phenoxy) is 1. The van der Waals surface area contributed by atoms with Gasteiger partial charge in [0.15, 0.2) is 0 Å². The summed E-state index contributed by atoms with van der Waals surface area (Å²) in [5, 5.41) is 0. The Labute approximate surface area is 205 Å². The van der Waals surface area contributed by atoms with Crippen molar-refractivity contribution in [1.29, 1.82) is 0 Å². The predicted octanol–water partition coefficient (Wildman–Crippen LogP) is 5.88. The molecule has 1 N–H and O–H groups in total. The van der Waals surface area contributed by atoms with Crippen LogP contribution in [0.2, 0.25) is 0 Å². The molecule has 3 aromatic carbocycles. The number of anilines is 1. The van der Waals surface area contributed by atoms with E-state index in [2.05, 4.69) is 4.72 Å². The number of sulfonamides is 1. The lowest BCUT2D eigenvalue weighted by Gasteiger charge is -2.19. The average molecular weight is 527 g/mol. The van der Waals surface area contributed by atoms with E-state index in [0.717, 1.165) is 28.0 Å². The third-order valence-electron chi connectivity index (χ3n) is 5.36. The second kappa shape index (κ2) is 10.1. The van der Waals surface area contributed by atoms with Gasteiger partial charge < -0.3 is 9.64 Å². The maximum Gasteiger partial charge on any atom is 0.419 e. The number of hydrogen-bond donors (Lipinski definition) is 1. The average Bonchev–Trinajstić information content (AvgIpc) is 3.19. The number of benzene rings is 3. The van der Waals surface area contributed by atoms with Crippen LogP contribution in [0.3, 0.4) is 0 Å². The van der Waals surface area contributed by atoms with Crippen molar-refractivity contribution in [3.63, 3.8) is 0 Å². The standard InChI is InChI=1S/C24H22F4N2O3S2/c1-30-13-12-18(15-30)33-23-14-17(4-11-22(23)24(26,27)28)29-35(31,32)21-9-7-20(8-10-21)34-19-5-2-16(25)3-6-19/h2-11,14,18,29H,12-13,15H2,1H3/t18-/m1/s1. The largest absolute Gasteiger partial charge is 0.488 e. The fourth-order valence-electron chi connectivity index (χ4n) is 3.63. The SMILES string of the molecule is CN1CC[C@@H](Oc2cc(NS(=O)(=O)c3ccc(Sc4ccc(F)cc4)cc3)ccc2C(F)(F)F)C1. The third kappa shape index (κ3) is 6.47. The van der Waals surface area contributed by atoms with Gasteiger partial charge in [-0.25, -0.2) is 12.8 Å². The van der Waals surface area contributed by atoms with Crippen molar-refractivity contribution < 1.29 is 30.7 Å². The van der Waals surface area contributed by atoms with Crippen LogP contribution in [0.5, 0.6) is 5.75 Å². The van der Waals surface area contributed by atoms with Crippen LogP contribution in [0.25, 0.3) is 0 Å². The first kappa shape index (κ1) is 25.3. The van der Waals surface area contributed by atoms with Crippen molar-refractivity contribution >= 4 is 27.5 Å². The maximum atomic E-state index is 13.5. The molecular formula is C24H22F4N2O3S2. The van der Waals surface area contributed by atoms with Crippen molar-refractivity contribution in [2.75, 3.05) is 24.9 Å². The molecule has 0 amide bonds. The third-order valence-corrected chi connectivity index (χ3v) is 7.78. The van der Waals surface area contributed by atoms with Gasteiger partial charge in [0.25, 0.3) is 10.0 Å². The van der Waals surface area contributed by atoms with Gasteiger partial charge in [0, 0.05) is 28.9 Å². The summed E-state index contributed by atoms with van der Waals surface area (Å²) in [6.45, 7) is 1.18. The van der Waals surface area contributed by atoms with E-state index >= 15 is 0 Å². The van der Waals surface area contributed by atoms with Crippen molar-refractivity contribution in [3.05, 3.63) is 78.1 Å². The van der Waals surface area contributed by atoms with Crippen LogP contribution in [0.15, 0.2) is 81.4 Å². The summed E-state index contributed by atoms with van der Waals surface area (Å²) >= 11 is 1.33. The highest BCUT2D eigenvalue weighted by atomic mass is 32.2. The van der Waals surface area contributed by atoms with E-state index in [1.165, 1.54) is 36.0 Å². The van der Waals surface area contributed by atoms with Gasteiger partial charge in [-0.1, -0.05) is 11.8 Å². The smallest absolute Gasteiger partial charge is 0.419 e. The zero-order chi connectivity index (χ0) is 25.2. The fourth-order valence-corrected chi connectivity index (χ4v) is 5.49. The Morgan fingerprint density at radius 3 is 2.20 bits per heavy atom. The summed E-state index contributed by atoms with van der Waals surface area (Å²) < 4.78 is 87.2. The molecule has 0 radical (unpaired) electrons. The fraction of sp³-hybridized carbons (Fsp3) is 0.250. The number of nitrogens with one attached hydrogen (secondary N) is 1. The quantitative estimate of drug-likeness (QED) is 0.390. The highest BCUT2D eigenvalue weighted by molar-refractivity contribution is 7.99. The van der Waals surface area contributed by atoms with Gasteiger partial charge in [-0.2, -0.15) is 13.2 Å². The molecule has 3 aromatic rings. The Balaban J connectivity index is 1.52. The van der Waals surface area contributed by atoms with Crippen molar-refractivity contribution in [3.8, 4) is 5.75 Å². The number of halogens is 4. The molecule has 5 nitrogen and oxygen atoms in total. The van der Waals surface area contributed by atoms with Crippen LogP contribution in [0, 0.1) is 5.82 Å². The van der Waals surface area contributed by atoms with Crippen LogP contribution in [0.1, 0.15) is 12.0 Å². The maximum absolute atomic E-state index is 13.5. The van der Waals surface area contributed by atoms with Crippen LogP contribution in [-0.2, 0) is 16.2 Å². The van der Waals surface area contributed by atoms with Gasteiger partial charge in [-0.05, 0) is 74.1 Å². The predicted molar refractivity (Wildman–Crippen MR) is 126 cm³/mol. The molecule has 1 atom stereocenters. The monoisotopic (exact) mass is 526 g/mol. The Kier molecular flexibility index (Phi) is 7.30. The second-order valence-electron chi connectivity index (χ2n) is 8.13. The van der Waals surface area contributed by atoms with Gasteiger partial charge in [-0.3, -0.25) is 4.72 Å². The molecule has 1 fully saturated rings. The molecule has 0 aromatic heterocycles. The van der Waals surface area contributed by atoms with Crippen molar-refractivity contribution in [1.82, 2.24) is 4.90 Å². The minimum atomic E-state index is -4.64. The first-order chi connectivity index (χ1) is 16.5. The van der Waals surface area contributed by atoms with E-state index in [1.54, 1.807) is 24.3 Å². The van der Waals surface area contributed by atoms with Gasteiger partial charge in [-0.15, -0.1) is 0 Å². The summed E-state index contributed by atoms with van der Waals surface area (Å²) in [6, 6.07) is 14.8. The highest BCUT2D eigenvalue weighted by Crippen LogP contribution is 2.39. The van der Waals surface area contributed by atoms with E-state index in [0.29, 0.717) is 19.5 Å². The summed E-state index contributed by atoms with van der Waals surface area (Å²) in [7, 11) is -2.21. The minimum Gasteiger partial charge on any atom is -0.488 e. The van der Waals surface area contributed by atoms with Crippen LogP contribution in [-0.4, -0.2) is 39.6 Å². The summed E-state index contributed by atoms with van der Waals surface area (Å²) in [6.07, 6.45) is -4.49. The molecule has 1 saturated heterocycles. The van der Waals surface area contributed by atoms with Crippen LogP contribution < -0.4 is 9.46 Å². The van der Waals surface area contributed by atoms with Crippen molar-refractivity contribution in [2.24, 2.45) is 0 Å². The Bertz CT molecular complexity index is 1280. The molecule has 1 aliphatic heterocycles. The molecule has 0 unspecified atom stereocenters. The molecule has 11 heteroatoms. The Hall–Kier alpha value is -2.76. The summed E-state index contributed by atoms with van der Waals surface area (Å²) in [5.41, 5.74) is -0.999. The normalized spacial score (nSPS) is 16.9. The summed E-state index contributed by atoms with van der Waals surface area (Å²) in [5.74, 6) is -0.765. The molecule has 4 rings (SSSR count). The first-order valence-electron chi connectivity index (χ1n) is 10.6. The summed E-state index contributed by atoms with van der Waals surface area (Å²) in [4.78, 5) is 3.41. The second-order valence-corrected chi connectivity index (χ2v) is 11.0. The highest BCUT2D eigenvalue weighted by Gasteiger charge is 2.36. The zero-order valence-corrected chi connectivity index (χ0v) is 20.2. The van der Waals surface area contributed by atoms with Crippen molar-refractivity contribution in [2.45, 2.75) is 33.4 Å². The molecule has 0 bridgehead atoms. The minimum absolute atomic E-state index is 0.0379. The number of likely N-dealkylation sites (N-methyl/N-ethyl adjacent to an activating group) is 1. The molecule has 1 heterocycles. The van der Waals surface area contributed by atoms with E-state index in [1.807, 2.05) is 11.9 Å². The van der Waals surface area contributed by atoms with Gasteiger partial charge in [0.1, 0.15) is 17.7 Å². The zero-order valence-electron chi connectivity index (χ0n) is 18.5. The first-order valence-corrected chi connectivity index (χ1v) is 12.9. The van der Waals surface area contributed by atoms with Crippen LogP contribution in [0.4, 0.5) is 23.2 Å². The number of rotatable bonds is 7. The Morgan fingerprint density at radius 2 is 1.63 bits per heavy atom. The van der Waals surface area contributed by atoms with E-state index < -0.39 is 33.6 Å². The molecule has 1 aliphatic rings. The number of likely N-dealkylation sites (tertiary alicyclic amines) is 1. The van der Waals surface area contributed by atoms with E-state index in [4.69, 9.17) is 4.74 Å². The number of nitrogens with zero attached hydrogens (tertiary/aromatic N) is 1. The molecule has 186 valence electrons. The van der Waals surface area contributed by atoms with Gasteiger partial charge in [0.05, 0.1) is 16.1 Å². The lowest BCUT2D eigenvalue weighted by Crippen LogP contribution is -2.23. The van der Waals surface area contributed by atoms with E-state index in [-0.39, 0.29) is 16.4 Å². The van der Waals surface area contributed by atoms with Gasteiger partial charge in [0.2, 0.25) is 0 Å². The molecular weight excluding hydrogens is 504 g/mol. The number of alkyl halides is 3. The molecule has 0 aliphatic carbocycles. The van der Waals surface area contributed by atoms with E-state index in [9.17, 15) is 26.0 Å². The Morgan fingerprint density at radius 1 is 1.00 bits per heavy atom. The molecule has 0 saturated carbocycles. The molecule has 0 spiro atoms. The van der Waals surface area contributed by atoms with Gasteiger partial charge >= 0.3 is 6.18 Å². The topological polar surface area (TPSA) is 58.6 Å². The number of hydrogen-bond acceptors (Lipinski definition) is 5.